The average molecular weight is 332 g/mol. The maximum Gasteiger partial charge on any atom is 0.209 e. The van der Waals surface area contributed by atoms with Crippen LogP contribution in [0.2, 0.25) is 0 Å². The van der Waals surface area contributed by atoms with Gasteiger partial charge in [0.2, 0.25) is 5.88 Å². The lowest BCUT2D eigenvalue weighted by molar-refractivity contribution is 0.264. The number of rotatable bonds is 1. The van der Waals surface area contributed by atoms with Crippen molar-refractivity contribution in [2.75, 3.05) is 25.0 Å². The van der Waals surface area contributed by atoms with Crippen LogP contribution in [-0.2, 0) is 0 Å². The van der Waals surface area contributed by atoms with Crippen LogP contribution in [0.5, 0.6) is 0 Å². The van der Waals surface area contributed by atoms with Crippen LogP contribution in [0.1, 0.15) is 18.0 Å². The summed E-state index contributed by atoms with van der Waals surface area (Å²) in [5.41, 5.74) is 2.67. The molecular formula is C21H20N2O2. The number of benzene rings is 2. The molecule has 4 nitrogen and oxygen atoms in total. The predicted octanol–water partition coefficient (Wildman–Crippen LogP) is 3.94. The molecule has 0 amide bonds. The predicted molar refractivity (Wildman–Crippen MR) is 99.4 cm³/mol. The van der Waals surface area contributed by atoms with Gasteiger partial charge in [-0.05, 0) is 50.2 Å². The molecule has 0 unspecified atom stereocenters. The van der Waals surface area contributed by atoms with Gasteiger partial charge in [0.1, 0.15) is 5.58 Å². The van der Waals surface area contributed by atoms with Crippen LogP contribution < -0.4 is 10.3 Å². The standard InChI is InChI=1S/C21H20N2O2/c1-22-12-11-14-13-23(15-7-3-2-4-8-15)21-18(19(14)22)20(24)16-9-5-6-10-17(16)25-21/h2-10,14,19H,11-13H2,1H3/t14-,19-/m0/s1. The second-order valence-corrected chi connectivity index (χ2v) is 7.07. The Bertz CT molecular complexity index is 996. The highest BCUT2D eigenvalue weighted by Gasteiger charge is 2.43. The summed E-state index contributed by atoms with van der Waals surface area (Å²) in [7, 11) is 2.11. The number of para-hydroxylation sites is 2. The highest BCUT2D eigenvalue weighted by molar-refractivity contribution is 5.80. The van der Waals surface area contributed by atoms with Crippen molar-refractivity contribution in [3.05, 3.63) is 70.4 Å². The van der Waals surface area contributed by atoms with E-state index < -0.39 is 0 Å². The lowest BCUT2D eigenvalue weighted by Gasteiger charge is -2.38. The Morgan fingerprint density at radius 2 is 1.80 bits per heavy atom. The molecule has 2 atom stereocenters. The summed E-state index contributed by atoms with van der Waals surface area (Å²) in [6.45, 7) is 1.90. The highest BCUT2D eigenvalue weighted by atomic mass is 16.4. The van der Waals surface area contributed by atoms with Crippen molar-refractivity contribution in [2.24, 2.45) is 5.92 Å². The lowest BCUT2D eigenvalue weighted by Crippen LogP contribution is -2.39. The van der Waals surface area contributed by atoms with Gasteiger partial charge in [0.15, 0.2) is 5.43 Å². The molecule has 0 spiro atoms. The molecule has 2 aliphatic rings. The van der Waals surface area contributed by atoms with Gasteiger partial charge in [-0.2, -0.15) is 0 Å². The van der Waals surface area contributed by atoms with E-state index in [1.165, 1.54) is 0 Å². The van der Waals surface area contributed by atoms with Gasteiger partial charge in [-0.1, -0.05) is 30.3 Å². The van der Waals surface area contributed by atoms with Gasteiger partial charge in [0.25, 0.3) is 0 Å². The minimum absolute atomic E-state index is 0.112. The van der Waals surface area contributed by atoms with E-state index in [1.54, 1.807) is 0 Å². The first-order chi connectivity index (χ1) is 12.2. The SMILES string of the molecule is CN1CC[C@H]2CN(c3ccccc3)c3oc4ccccc4c(=O)c3[C@H]21. The molecule has 126 valence electrons. The fourth-order valence-corrected chi connectivity index (χ4v) is 4.43. The van der Waals surface area contributed by atoms with Gasteiger partial charge < -0.3 is 9.32 Å². The number of nitrogens with zero attached hydrogens (tertiary/aromatic N) is 2. The third kappa shape index (κ3) is 2.14. The Kier molecular flexibility index (Phi) is 3.22. The van der Waals surface area contributed by atoms with Crippen LogP contribution in [0.25, 0.3) is 11.0 Å². The summed E-state index contributed by atoms with van der Waals surface area (Å²) < 4.78 is 6.29. The van der Waals surface area contributed by atoms with E-state index in [9.17, 15) is 4.79 Å². The molecule has 5 rings (SSSR count). The normalized spacial score (nSPS) is 22.8. The zero-order valence-electron chi connectivity index (χ0n) is 14.2. The smallest absolute Gasteiger partial charge is 0.209 e. The Morgan fingerprint density at radius 1 is 1.04 bits per heavy atom. The highest BCUT2D eigenvalue weighted by Crippen LogP contribution is 2.46. The Hall–Kier alpha value is -2.59. The Labute approximate surface area is 146 Å². The second kappa shape index (κ2) is 5.46. The average Bonchev–Trinajstić information content (AvgIpc) is 3.03. The number of likely N-dealkylation sites (tertiary alicyclic amines) is 1. The van der Waals surface area contributed by atoms with Crippen molar-refractivity contribution in [2.45, 2.75) is 12.5 Å². The molecule has 0 saturated carbocycles. The van der Waals surface area contributed by atoms with Crippen molar-refractivity contribution in [1.29, 1.82) is 0 Å². The summed E-state index contributed by atoms with van der Waals surface area (Å²) in [5, 5.41) is 0.676. The zero-order valence-corrected chi connectivity index (χ0v) is 14.2. The quantitative estimate of drug-likeness (QED) is 0.676. The first-order valence-corrected chi connectivity index (χ1v) is 8.82. The van der Waals surface area contributed by atoms with Crippen LogP contribution in [0.3, 0.4) is 0 Å². The fourth-order valence-electron chi connectivity index (χ4n) is 4.43. The van der Waals surface area contributed by atoms with E-state index in [2.05, 4.69) is 29.0 Å². The van der Waals surface area contributed by atoms with E-state index in [0.29, 0.717) is 22.8 Å². The van der Waals surface area contributed by atoms with Crippen LogP contribution in [-0.4, -0.2) is 25.0 Å². The van der Waals surface area contributed by atoms with Crippen molar-refractivity contribution in [3.63, 3.8) is 0 Å². The molecular weight excluding hydrogens is 312 g/mol. The molecule has 2 aliphatic heterocycles. The molecule has 25 heavy (non-hydrogen) atoms. The summed E-state index contributed by atoms with van der Waals surface area (Å²) in [5.74, 6) is 1.16. The van der Waals surface area contributed by atoms with E-state index >= 15 is 0 Å². The van der Waals surface area contributed by atoms with E-state index in [-0.39, 0.29) is 11.5 Å². The number of fused-ring (bicyclic) bond motifs is 4. The summed E-state index contributed by atoms with van der Waals surface area (Å²) in [6, 6.07) is 17.9. The maximum absolute atomic E-state index is 13.3. The first kappa shape index (κ1) is 14.7. The molecule has 0 bridgehead atoms. The van der Waals surface area contributed by atoms with Crippen LogP contribution in [0.4, 0.5) is 11.6 Å². The van der Waals surface area contributed by atoms with Crippen molar-refractivity contribution in [3.8, 4) is 0 Å². The van der Waals surface area contributed by atoms with Crippen LogP contribution in [0.15, 0.2) is 63.8 Å². The monoisotopic (exact) mass is 332 g/mol. The molecule has 1 saturated heterocycles. The van der Waals surface area contributed by atoms with Gasteiger partial charge in [0.05, 0.1) is 10.9 Å². The maximum atomic E-state index is 13.3. The van der Waals surface area contributed by atoms with E-state index in [1.807, 2.05) is 42.5 Å². The van der Waals surface area contributed by atoms with Gasteiger partial charge in [0, 0.05) is 18.3 Å². The third-order valence-electron chi connectivity index (χ3n) is 5.61. The summed E-state index contributed by atoms with van der Waals surface area (Å²) in [4.78, 5) is 17.8. The molecule has 1 fully saturated rings. The summed E-state index contributed by atoms with van der Waals surface area (Å²) in [6.07, 6.45) is 1.11. The van der Waals surface area contributed by atoms with Gasteiger partial charge in [-0.3, -0.25) is 9.69 Å². The molecule has 4 heteroatoms. The topological polar surface area (TPSA) is 36.7 Å². The van der Waals surface area contributed by atoms with Crippen molar-refractivity contribution in [1.82, 2.24) is 4.90 Å². The van der Waals surface area contributed by atoms with Crippen molar-refractivity contribution < 1.29 is 4.42 Å². The van der Waals surface area contributed by atoms with Crippen LogP contribution in [0, 0.1) is 5.92 Å². The minimum Gasteiger partial charge on any atom is -0.440 e. The Morgan fingerprint density at radius 3 is 2.64 bits per heavy atom. The molecule has 0 N–H and O–H groups in total. The van der Waals surface area contributed by atoms with E-state index in [0.717, 1.165) is 30.8 Å². The lowest BCUT2D eigenvalue weighted by atomic mass is 9.89. The Balaban J connectivity index is 1.81. The van der Waals surface area contributed by atoms with E-state index in [4.69, 9.17) is 4.42 Å². The number of hydrogen-bond acceptors (Lipinski definition) is 4. The largest absolute Gasteiger partial charge is 0.440 e. The van der Waals surface area contributed by atoms with Gasteiger partial charge in [-0.15, -0.1) is 0 Å². The molecule has 0 aliphatic carbocycles. The molecule has 2 aromatic carbocycles. The molecule has 3 heterocycles. The summed E-state index contributed by atoms with van der Waals surface area (Å²) >= 11 is 0. The van der Waals surface area contributed by atoms with Gasteiger partial charge >= 0.3 is 0 Å². The molecule has 1 aromatic heterocycles. The van der Waals surface area contributed by atoms with Crippen molar-refractivity contribution >= 4 is 22.5 Å². The minimum atomic E-state index is 0.112. The second-order valence-electron chi connectivity index (χ2n) is 7.07. The van der Waals surface area contributed by atoms with Crippen LogP contribution >= 0.6 is 0 Å². The molecule has 3 aromatic rings. The fraction of sp³-hybridized carbons (Fsp3) is 0.286. The number of anilines is 2. The number of hydrogen-bond donors (Lipinski definition) is 0. The van der Waals surface area contributed by atoms with Gasteiger partial charge in [-0.25, -0.2) is 0 Å². The molecule has 0 radical (unpaired) electrons. The third-order valence-corrected chi connectivity index (χ3v) is 5.61. The zero-order chi connectivity index (χ0) is 17.0. The first-order valence-electron chi connectivity index (χ1n) is 8.82.